The van der Waals surface area contributed by atoms with Gasteiger partial charge in [-0.05, 0) is 19.4 Å². The molecule has 0 amide bonds. The number of hydrogen-bond donors (Lipinski definition) is 1. The third-order valence-electron chi connectivity index (χ3n) is 2.58. The van der Waals surface area contributed by atoms with E-state index in [9.17, 15) is 0 Å². The fourth-order valence-electron chi connectivity index (χ4n) is 1.78. The Kier molecular flexibility index (Phi) is 1.45. The Morgan fingerprint density at radius 2 is 2.20 bits per heavy atom. The Morgan fingerprint density at radius 3 is 2.80 bits per heavy atom. The van der Waals surface area contributed by atoms with Crippen LogP contribution in [0.15, 0.2) is 10.2 Å². The van der Waals surface area contributed by atoms with Crippen LogP contribution in [-0.2, 0) is 0 Å². The second kappa shape index (κ2) is 2.31. The van der Waals surface area contributed by atoms with Crippen molar-refractivity contribution in [3.8, 4) is 0 Å². The summed E-state index contributed by atoms with van der Waals surface area (Å²) in [5, 5.41) is 11.5. The van der Waals surface area contributed by atoms with Crippen molar-refractivity contribution in [1.29, 1.82) is 0 Å². The van der Waals surface area contributed by atoms with Gasteiger partial charge in [0.05, 0.1) is 13.1 Å². The summed E-state index contributed by atoms with van der Waals surface area (Å²) in [4.78, 5) is 0. The van der Waals surface area contributed by atoms with Gasteiger partial charge in [-0.2, -0.15) is 10.2 Å². The largest absolute Gasteiger partial charge is 0.316 e. The third kappa shape index (κ3) is 0.944. The first kappa shape index (κ1) is 6.28. The molecule has 0 aromatic carbocycles. The van der Waals surface area contributed by atoms with E-state index >= 15 is 0 Å². The van der Waals surface area contributed by atoms with E-state index in [1.54, 1.807) is 0 Å². The van der Waals surface area contributed by atoms with Crippen LogP contribution in [0.5, 0.6) is 0 Å². The van der Waals surface area contributed by atoms with Crippen LogP contribution in [0.1, 0.15) is 12.8 Å². The number of nitrogens with zero attached hydrogens (tertiary/aromatic N) is 2. The molecule has 56 valence electrons. The number of hydrogen-bond acceptors (Lipinski definition) is 3. The van der Waals surface area contributed by atoms with Crippen LogP contribution in [-0.4, -0.2) is 26.2 Å². The lowest BCUT2D eigenvalue weighted by Gasteiger charge is -2.26. The monoisotopic (exact) mass is 139 g/mol. The summed E-state index contributed by atoms with van der Waals surface area (Å²) in [7, 11) is 0. The molecule has 0 aromatic heterocycles. The van der Waals surface area contributed by atoms with Crippen LogP contribution in [0, 0.1) is 5.41 Å². The summed E-state index contributed by atoms with van der Waals surface area (Å²) in [6, 6.07) is 0. The highest BCUT2D eigenvalue weighted by Gasteiger charge is 2.34. The van der Waals surface area contributed by atoms with E-state index in [1.165, 1.54) is 19.4 Å². The first-order valence-corrected chi connectivity index (χ1v) is 3.95. The van der Waals surface area contributed by atoms with Crippen molar-refractivity contribution in [3.05, 3.63) is 0 Å². The van der Waals surface area contributed by atoms with E-state index < -0.39 is 0 Å². The number of rotatable bonds is 0. The van der Waals surface area contributed by atoms with Crippen molar-refractivity contribution in [2.75, 3.05) is 26.2 Å². The van der Waals surface area contributed by atoms with Gasteiger partial charge >= 0.3 is 0 Å². The molecular weight excluding hydrogens is 126 g/mol. The van der Waals surface area contributed by atoms with E-state index in [2.05, 4.69) is 15.5 Å². The standard InChI is InChI=1S/C7H13N3/c1-3-8-5-7(1)2-4-9-10-6-7/h8H,1-6H2. The average Bonchev–Trinajstić information content (AvgIpc) is 2.39. The number of azo groups is 1. The summed E-state index contributed by atoms with van der Waals surface area (Å²) in [5.41, 5.74) is 0.502. The summed E-state index contributed by atoms with van der Waals surface area (Å²) in [5.74, 6) is 0. The van der Waals surface area contributed by atoms with Crippen LogP contribution < -0.4 is 5.32 Å². The van der Waals surface area contributed by atoms with Crippen molar-refractivity contribution in [2.24, 2.45) is 15.6 Å². The van der Waals surface area contributed by atoms with Gasteiger partial charge in [-0.25, -0.2) is 0 Å². The molecule has 1 spiro atoms. The van der Waals surface area contributed by atoms with Crippen LogP contribution in [0.25, 0.3) is 0 Å². The summed E-state index contributed by atoms with van der Waals surface area (Å²) < 4.78 is 0. The molecule has 0 saturated carbocycles. The quantitative estimate of drug-likeness (QED) is 0.530. The number of nitrogens with one attached hydrogen (secondary N) is 1. The van der Waals surface area contributed by atoms with Crippen molar-refractivity contribution < 1.29 is 0 Å². The van der Waals surface area contributed by atoms with Gasteiger partial charge in [-0.1, -0.05) is 0 Å². The van der Waals surface area contributed by atoms with Gasteiger partial charge in [0.15, 0.2) is 0 Å². The van der Waals surface area contributed by atoms with Crippen LogP contribution in [0.4, 0.5) is 0 Å². The zero-order valence-corrected chi connectivity index (χ0v) is 6.14. The Labute approximate surface area is 60.9 Å². The normalized spacial score (nSPS) is 39.2. The van der Waals surface area contributed by atoms with Crippen molar-refractivity contribution in [2.45, 2.75) is 12.8 Å². The Balaban J connectivity index is 2.06. The van der Waals surface area contributed by atoms with Crippen LogP contribution >= 0.6 is 0 Å². The second-order valence-corrected chi connectivity index (χ2v) is 3.34. The maximum Gasteiger partial charge on any atom is 0.0668 e. The molecule has 1 atom stereocenters. The van der Waals surface area contributed by atoms with Gasteiger partial charge in [0.25, 0.3) is 0 Å². The van der Waals surface area contributed by atoms with E-state index in [0.29, 0.717) is 5.41 Å². The predicted octanol–water partition coefficient (Wildman–Crippen LogP) is 0.822. The highest BCUT2D eigenvalue weighted by atomic mass is 15.1. The van der Waals surface area contributed by atoms with E-state index in [1.807, 2.05) is 0 Å². The zero-order valence-electron chi connectivity index (χ0n) is 6.14. The molecule has 0 aromatic rings. The first-order chi connectivity index (χ1) is 4.91. The highest BCUT2D eigenvalue weighted by Crippen LogP contribution is 2.32. The lowest BCUT2D eigenvalue weighted by molar-refractivity contribution is 0.285. The molecule has 2 rings (SSSR count). The average molecular weight is 139 g/mol. The van der Waals surface area contributed by atoms with Crippen molar-refractivity contribution in [1.82, 2.24) is 5.32 Å². The predicted molar refractivity (Wildman–Crippen MR) is 39.1 cm³/mol. The molecule has 10 heavy (non-hydrogen) atoms. The summed E-state index contributed by atoms with van der Waals surface area (Å²) in [6.45, 7) is 4.24. The first-order valence-electron chi connectivity index (χ1n) is 3.95. The molecular formula is C7H13N3. The molecule has 2 aliphatic heterocycles. The highest BCUT2D eigenvalue weighted by molar-refractivity contribution is 4.91. The fourth-order valence-corrected chi connectivity index (χ4v) is 1.78. The lowest BCUT2D eigenvalue weighted by atomic mass is 9.83. The molecule has 3 nitrogen and oxygen atoms in total. The fraction of sp³-hybridized carbons (Fsp3) is 1.00. The lowest BCUT2D eigenvalue weighted by Crippen LogP contribution is -2.30. The minimum Gasteiger partial charge on any atom is -0.316 e. The minimum atomic E-state index is 0.502. The van der Waals surface area contributed by atoms with Crippen LogP contribution in [0.2, 0.25) is 0 Å². The molecule has 0 radical (unpaired) electrons. The van der Waals surface area contributed by atoms with Gasteiger partial charge in [0.2, 0.25) is 0 Å². The zero-order chi connectivity index (χ0) is 6.86. The van der Waals surface area contributed by atoms with E-state index in [4.69, 9.17) is 0 Å². The Hall–Kier alpha value is -0.440. The molecule has 0 bridgehead atoms. The molecule has 1 N–H and O–H groups in total. The summed E-state index contributed by atoms with van der Waals surface area (Å²) >= 11 is 0. The maximum atomic E-state index is 4.10. The SMILES string of the molecule is C1CC2(CCNC2)CN=N1. The van der Waals surface area contributed by atoms with Crippen molar-refractivity contribution >= 4 is 0 Å². The minimum absolute atomic E-state index is 0.502. The van der Waals surface area contributed by atoms with Gasteiger partial charge in [0, 0.05) is 12.0 Å². The van der Waals surface area contributed by atoms with Gasteiger partial charge in [0.1, 0.15) is 0 Å². The third-order valence-corrected chi connectivity index (χ3v) is 2.58. The Bertz CT molecular complexity index is 147. The van der Waals surface area contributed by atoms with Crippen LogP contribution in [0.3, 0.4) is 0 Å². The molecule has 1 fully saturated rings. The molecule has 2 aliphatic rings. The van der Waals surface area contributed by atoms with Crippen molar-refractivity contribution in [3.63, 3.8) is 0 Å². The van der Waals surface area contributed by atoms with Gasteiger partial charge < -0.3 is 5.32 Å². The molecule has 1 unspecified atom stereocenters. The van der Waals surface area contributed by atoms with E-state index in [-0.39, 0.29) is 0 Å². The molecule has 3 heteroatoms. The maximum absolute atomic E-state index is 4.10. The van der Waals surface area contributed by atoms with Gasteiger partial charge in [-0.15, -0.1) is 0 Å². The summed E-state index contributed by atoms with van der Waals surface area (Å²) in [6.07, 6.45) is 2.54. The van der Waals surface area contributed by atoms with E-state index in [0.717, 1.165) is 19.6 Å². The molecule has 2 heterocycles. The molecule has 0 aliphatic carbocycles. The topological polar surface area (TPSA) is 36.8 Å². The smallest absolute Gasteiger partial charge is 0.0668 e. The molecule has 1 saturated heterocycles. The Morgan fingerprint density at radius 1 is 1.20 bits per heavy atom. The second-order valence-electron chi connectivity index (χ2n) is 3.34. The van der Waals surface area contributed by atoms with Gasteiger partial charge in [-0.3, -0.25) is 0 Å².